The van der Waals surface area contributed by atoms with Crippen LogP contribution >= 0.6 is 0 Å². The minimum atomic E-state index is -0.797. The minimum Gasteiger partial charge on any atom is -0.463 e. The van der Waals surface area contributed by atoms with Crippen LogP contribution in [0.1, 0.15) is 52.0 Å². The third-order valence-corrected chi connectivity index (χ3v) is 5.71. The van der Waals surface area contributed by atoms with Crippen LogP contribution in [0, 0.1) is 5.92 Å². The molecular weight excluding hydrogens is 438 g/mol. The molecule has 2 rings (SSSR count). The van der Waals surface area contributed by atoms with E-state index in [0.29, 0.717) is 25.4 Å². The molecule has 34 heavy (non-hydrogen) atoms. The van der Waals surface area contributed by atoms with Gasteiger partial charge in [-0.05, 0) is 44.6 Å². The SMILES string of the molecule is CCOC(=O)/C=C/CC[C@H](NC(C)=O)C(=O)Cc1cccn(CC(=O)N2CCCC(C)C2)c1=O. The summed E-state index contributed by atoms with van der Waals surface area (Å²) in [7, 11) is 0. The highest BCUT2D eigenvalue weighted by molar-refractivity contribution is 5.89. The van der Waals surface area contributed by atoms with Gasteiger partial charge in [0, 0.05) is 44.3 Å². The summed E-state index contributed by atoms with van der Waals surface area (Å²) >= 11 is 0. The zero-order valence-corrected chi connectivity index (χ0v) is 20.2. The topological polar surface area (TPSA) is 115 Å². The van der Waals surface area contributed by atoms with E-state index in [2.05, 4.69) is 12.2 Å². The monoisotopic (exact) mass is 473 g/mol. The summed E-state index contributed by atoms with van der Waals surface area (Å²) in [5.74, 6) is -0.813. The van der Waals surface area contributed by atoms with Gasteiger partial charge in [0.2, 0.25) is 11.8 Å². The summed E-state index contributed by atoms with van der Waals surface area (Å²) < 4.78 is 6.14. The molecule has 0 spiro atoms. The molecule has 0 bridgehead atoms. The lowest BCUT2D eigenvalue weighted by Crippen LogP contribution is -2.43. The van der Waals surface area contributed by atoms with Crippen LogP contribution in [-0.4, -0.2) is 58.8 Å². The van der Waals surface area contributed by atoms with Crippen molar-refractivity contribution in [3.8, 4) is 0 Å². The fourth-order valence-corrected chi connectivity index (χ4v) is 4.01. The number of piperidine rings is 1. The fourth-order valence-electron chi connectivity index (χ4n) is 4.01. The predicted molar refractivity (Wildman–Crippen MR) is 127 cm³/mol. The van der Waals surface area contributed by atoms with E-state index in [0.717, 1.165) is 12.8 Å². The van der Waals surface area contributed by atoms with Crippen LogP contribution < -0.4 is 10.9 Å². The van der Waals surface area contributed by atoms with Crippen molar-refractivity contribution in [1.82, 2.24) is 14.8 Å². The number of amides is 2. The number of carbonyl (C=O) groups is 4. The Morgan fingerprint density at radius 2 is 2.06 bits per heavy atom. The number of nitrogens with one attached hydrogen (secondary N) is 1. The molecule has 2 amide bonds. The van der Waals surface area contributed by atoms with Gasteiger partial charge in [0.25, 0.3) is 5.56 Å². The van der Waals surface area contributed by atoms with Crippen LogP contribution in [0.5, 0.6) is 0 Å². The Balaban J connectivity index is 2.04. The van der Waals surface area contributed by atoms with Crippen molar-refractivity contribution >= 4 is 23.6 Å². The molecule has 1 aliphatic rings. The number of Topliss-reactive ketones (excluding diaryl/α,β-unsaturated/α-hetero) is 1. The average molecular weight is 474 g/mol. The molecule has 0 saturated carbocycles. The Morgan fingerprint density at radius 3 is 2.74 bits per heavy atom. The summed E-state index contributed by atoms with van der Waals surface area (Å²) in [4.78, 5) is 63.3. The molecule has 0 aliphatic carbocycles. The standard InChI is InChI=1S/C25H35N3O6/c1-4-34-24(32)12-6-5-11-21(26-19(3)29)22(30)15-20-10-8-14-28(25(20)33)17-23(31)27-13-7-9-18(2)16-27/h6,8,10,12,14,18,21H,4-5,7,9,11,13,15-17H2,1-3H3,(H,26,29)/b12-6+/t18?,21-/m0/s1. The average Bonchev–Trinajstić information content (AvgIpc) is 2.78. The van der Waals surface area contributed by atoms with E-state index >= 15 is 0 Å². The maximum absolute atomic E-state index is 12.9. The normalized spacial score (nSPS) is 16.8. The Labute approximate surface area is 200 Å². The summed E-state index contributed by atoms with van der Waals surface area (Å²) in [6.07, 6.45) is 6.95. The number of ether oxygens (including phenoxy) is 1. The summed E-state index contributed by atoms with van der Waals surface area (Å²) in [6, 6.07) is 2.41. The van der Waals surface area contributed by atoms with Gasteiger partial charge in [-0.15, -0.1) is 0 Å². The van der Waals surface area contributed by atoms with E-state index in [-0.39, 0.29) is 49.2 Å². The molecule has 1 saturated heterocycles. The summed E-state index contributed by atoms with van der Waals surface area (Å²) in [6.45, 7) is 6.72. The maximum Gasteiger partial charge on any atom is 0.330 e. The first-order chi connectivity index (χ1) is 16.2. The van der Waals surface area contributed by atoms with Gasteiger partial charge in [-0.25, -0.2) is 4.79 Å². The van der Waals surface area contributed by atoms with E-state index < -0.39 is 17.6 Å². The molecule has 0 aromatic carbocycles. The highest BCUT2D eigenvalue weighted by Crippen LogP contribution is 2.15. The molecule has 186 valence electrons. The van der Waals surface area contributed by atoms with Crippen LogP contribution in [0.15, 0.2) is 35.3 Å². The van der Waals surface area contributed by atoms with Gasteiger partial charge in [-0.1, -0.05) is 19.1 Å². The van der Waals surface area contributed by atoms with Gasteiger partial charge in [0.05, 0.1) is 12.6 Å². The quantitative estimate of drug-likeness (QED) is 0.386. The molecule has 0 radical (unpaired) electrons. The van der Waals surface area contributed by atoms with Gasteiger partial charge in [0.15, 0.2) is 5.78 Å². The molecule has 1 N–H and O–H groups in total. The lowest BCUT2D eigenvalue weighted by atomic mass is 10.00. The fraction of sp³-hybridized carbons (Fsp3) is 0.560. The van der Waals surface area contributed by atoms with Crippen LogP contribution in [-0.2, 0) is 36.9 Å². The first kappa shape index (κ1) is 27.0. The lowest BCUT2D eigenvalue weighted by Gasteiger charge is -2.31. The second-order valence-corrected chi connectivity index (χ2v) is 8.68. The predicted octanol–water partition coefficient (Wildman–Crippen LogP) is 1.62. The van der Waals surface area contributed by atoms with Crippen molar-refractivity contribution in [3.05, 3.63) is 46.4 Å². The molecule has 2 heterocycles. The van der Waals surface area contributed by atoms with Crippen LogP contribution in [0.4, 0.5) is 0 Å². The molecular formula is C25H35N3O6. The van der Waals surface area contributed by atoms with Crippen molar-refractivity contribution < 1.29 is 23.9 Å². The largest absolute Gasteiger partial charge is 0.463 e. The second kappa shape index (κ2) is 13.5. The number of hydrogen-bond donors (Lipinski definition) is 1. The Hall–Kier alpha value is -3.23. The number of pyridine rings is 1. The van der Waals surface area contributed by atoms with Crippen molar-refractivity contribution in [2.75, 3.05) is 19.7 Å². The van der Waals surface area contributed by atoms with Crippen LogP contribution in [0.2, 0.25) is 0 Å². The van der Waals surface area contributed by atoms with E-state index in [1.165, 1.54) is 17.6 Å². The van der Waals surface area contributed by atoms with E-state index in [9.17, 15) is 24.0 Å². The molecule has 9 nitrogen and oxygen atoms in total. The number of likely N-dealkylation sites (tertiary alicyclic amines) is 1. The van der Waals surface area contributed by atoms with Crippen molar-refractivity contribution in [3.63, 3.8) is 0 Å². The first-order valence-corrected chi connectivity index (χ1v) is 11.8. The Morgan fingerprint density at radius 1 is 1.29 bits per heavy atom. The minimum absolute atomic E-state index is 0.0681. The zero-order chi connectivity index (χ0) is 25.1. The molecule has 1 aromatic rings. The van der Waals surface area contributed by atoms with Crippen LogP contribution in [0.3, 0.4) is 0 Å². The van der Waals surface area contributed by atoms with Gasteiger partial charge >= 0.3 is 5.97 Å². The number of esters is 1. The molecule has 1 fully saturated rings. The second-order valence-electron chi connectivity index (χ2n) is 8.68. The molecule has 9 heteroatoms. The molecule has 1 aliphatic heterocycles. The number of hydrogen-bond acceptors (Lipinski definition) is 6. The molecule has 1 unspecified atom stereocenters. The smallest absolute Gasteiger partial charge is 0.330 e. The number of nitrogens with zero attached hydrogens (tertiary/aromatic N) is 2. The number of ketones is 1. The molecule has 2 atom stereocenters. The third-order valence-electron chi connectivity index (χ3n) is 5.71. The van der Waals surface area contributed by atoms with Crippen molar-refractivity contribution in [2.45, 2.75) is 65.5 Å². The summed E-state index contributed by atoms with van der Waals surface area (Å²) in [5, 5.41) is 2.62. The number of rotatable bonds is 11. The lowest BCUT2D eigenvalue weighted by molar-refractivity contribution is -0.137. The number of allylic oxidation sites excluding steroid dienone is 1. The van der Waals surface area contributed by atoms with E-state index in [1.807, 2.05) is 0 Å². The zero-order valence-electron chi connectivity index (χ0n) is 20.2. The van der Waals surface area contributed by atoms with Crippen molar-refractivity contribution in [1.29, 1.82) is 0 Å². The first-order valence-electron chi connectivity index (χ1n) is 11.8. The highest BCUT2D eigenvalue weighted by atomic mass is 16.5. The maximum atomic E-state index is 12.9. The number of aromatic nitrogens is 1. The Bertz CT molecular complexity index is 968. The van der Waals surface area contributed by atoms with E-state index in [1.54, 1.807) is 36.2 Å². The summed E-state index contributed by atoms with van der Waals surface area (Å²) in [5.41, 5.74) is -0.122. The number of carbonyl (C=O) groups excluding carboxylic acids is 4. The van der Waals surface area contributed by atoms with Crippen molar-refractivity contribution in [2.24, 2.45) is 5.92 Å². The van der Waals surface area contributed by atoms with Gasteiger partial charge in [0.1, 0.15) is 6.54 Å². The highest BCUT2D eigenvalue weighted by Gasteiger charge is 2.23. The van der Waals surface area contributed by atoms with Crippen LogP contribution in [0.25, 0.3) is 0 Å². The van der Waals surface area contributed by atoms with E-state index in [4.69, 9.17) is 4.74 Å². The van der Waals surface area contributed by atoms with Gasteiger partial charge in [-0.3, -0.25) is 19.2 Å². The van der Waals surface area contributed by atoms with Gasteiger partial charge in [-0.2, -0.15) is 0 Å². The molecule has 1 aromatic heterocycles. The third kappa shape index (κ3) is 8.61. The Kier molecular flexibility index (Phi) is 10.7. The van der Waals surface area contributed by atoms with Gasteiger partial charge < -0.3 is 19.5 Å².